The Labute approximate surface area is 112 Å². The van der Waals surface area contributed by atoms with E-state index in [1.807, 2.05) is 42.6 Å². The highest BCUT2D eigenvalue weighted by atomic mass is 14.9. The Morgan fingerprint density at radius 1 is 1.32 bits per heavy atom. The molecular weight excluding hydrogens is 234 g/mol. The number of allylic oxidation sites excluding steroid dienone is 1. The van der Waals surface area contributed by atoms with Gasteiger partial charge in [-0.05, 0) is 18.6 Å². The molecule has 3 heteroatoms. The summed E-state index contributed by atoms with van der Waals surface area (Å²) in [6, 6.07) is 9.73. The number of hydrogen-bond donors (Lipinski definition) is 0. The maximum atomic E-state index is 8.86. The molecule has 3 nitrogen and oxygen atoms in total. The van der Waals surface area contributed by atoms with Crippen LogP contribution >= 0.6 is 0 Å². The smallest absolute Gasteiger partial charge is 0.130 e. The van der Waals surface area contributed by atoms with E-state index in [4.69, 9.17) is 10.5 Å². The number of para-hydroxylation sites is 1. The predicted octanol–water partition coefficient (Wildman–Crippen LogP) is 3.73. The van der Waals surface area contributed by atoms with Crippen molar-refractivity contribution in [2.75, 3.05) is 0 Å². The van der Waals surface area contributed by atoms with Gasteiger partial charge in [0.2, 0.25) is 0 Å². The third-order valence-electron chi connectivity index (χ3n) is 3.06. The van der Waals surface area contributed by atoms with Gasteiger partial charge in [0.05, 0.1) is 5.52 Å². The number of nitrogens with zero attached hydrogens (tertiary/aromatic N) is 3. The van der Waals surface area contributed by atoms with Gasteiger partial charge in [0.15, 0.2) is 0 Å². The SMILES string of the molecule is C=Cc1cccc2c(C=C(C#N)C#N)cn(CC)c12. The molecule has 0 unspecified atom stereocenters. The Morgan fingerprint density at radius 2 is 2.05 bits per heavy atom. The van der Waals surface area contributed by atoms with E-state index in [2.05, 4.69) is 18.1 Å². The highest BCUT2D eigenvalue weighted by molar-refractivity contribution is 5.95. The molecule has 0 spiro atoms. The summed E-state index contributed by atoms with van der Waals surface area (Å²) in [5, 5.41) is 18.8. The van der Waals surface area contributed by atoms with Gasteiger partial charge in [-0.15, -0.1) is 0 Å². The molecule has 0 atom stereocenters. The molecule has 1 aromatic carbocycles. The second-order valence-corrected chi connectivity index (χ2v) is 4.10. The van der Waals surface area contributed by atoms with Gasteiger partial charge in [-0.2, -0.15) is 10.5 Å². The molecular formula is C16H13N3. The number of rotatable bonds is 3. The monoisotopic (exact) mass is 247 g/mol. The topological polar surface area (TPSA) is 52.5 Å². The number of nitriles is 2. The minimum atomic E-state index is 0.110. The highest BCUT2D eigenvalue weighted by Gasteiger charge is 2.09. The molecule has 19 heavy (non-hydrogen) atoms. The molecule has 1 aromatic heterocycles. The third kappa shape index (κ3) is 2.14. The Hall–Kier alpha value is -2.78. The number of aryl methyl sites for hydroxylation is 1. The minimum absolute atomic E-state index is 0.110. The highest BCUT2D eigenvalue weighted by Crippen LogP contribution is 2.27. The molecule has 0 saturated heterocycles. The fraction of sp³-hybridized carbons (Fsp3) is 0.125. The van der Waals surface area contributed by atoms with E-state index in [0.29, 0.717) is 0 Å². The van der Waals surface area contributed by atoms with Crippen LogP contribution in [0.15, 0.2) is 36.5 Å². The average molecular weight is 247 g/mol. The lowest BCUT2D eigenvalue weighted by atomic mass is 10.1. The Morgan fingerprint density at radius 3 is 2.63 bits per heavy atom. The minimum Gasteiger partial charge on any atom is -0.347 e. The molecule has 0 saturated carbocycles. The van der Waals surface area contributed by atoms with Crippen LogP contribution in [0.3, 0.4) is 0 Å². The van der Waals surface area contributed by atoms with Crippen LogP contribution in [0.4, 0.5) is 0 Å². The Kier molecular flexibility index (Phi) is 3.50. The van der Waals surface area contributed by atoms with E-state index in [0.717, 1.165) is 28.6 Å². The zero-order valence-corrected chi connectivity index (χ0v) is 10.7. The zero-order chi connectivity index (χ0) is 13.8. The standard InChI is InChI=1S/C16H13N3/c1-3-13-6-5-7-15-14(8-12(9-17)10-18)11-19(4-2)16(13)15/h3,5-8,11H,1,4H2,2H3. The number of hydrogen-bond acceptors (Lipinski definition) is 2. The maximum Gasteiger partial charge on any atom is 0.130 e. The lowest BCUT2D eigenvalue weighted by Gasteiger charge is -2.03. The molecule has 0 aliphatic rings. The van der Waals surface area contributed by atoms with Crippen LogP contribution in [0.25, 0.3) is 23.1 Å². The fourth-order valence-corrected chi connectivity index (χ4v) is 2.19. The first-order chi connectivity index (χ1) is 9.24. The lowest BCUT2D eigenvalue weighted by molar-refractivity contribution is 0.796. The molecule has 0 aliphatic heterocycles. The van der Waals surface area contributed by atoms with Crippen molar-refractivity contribution in [3.05, 3.63) is 47.7 Å². The van der Waals surface area contributed by atoms with Crippen molar-refractivity contribution in [3.63, 3.8) is 0 Å². The van der Waals surface area contributed by atoms with E-state index in [9.17, 15) is 0 Å². The lowest BCUT2D eigenvalue weighted by Crippen LogP contribution is -1.92. The summed E-state index contributed by atoms with van der Waals surface area (Å²) in [6.07, 6.45) is 5.41. The molecule has 0 N–H and O–H groups in total. The van der Waals surface area contributed by atoms with Gasteiger partial charge in [-0.3, -0.25) is 0 Å². The molecule has 2 rings (SSSR count). The molecule has 0 amide bonds. The zero-order valence-electron chi connectivity index (χ0n) is 10.7. The average Bonchev–Trinajstić information content (AvgIpc) is 2.82. The van der Waals surface area contributed by atoms with E-state index in [1.165, 1.54) is 0 Å². The summed E-state index contributed by atoms with van der Waals surface area (Å²) in [4.78, 5) is 0. The molecule has 2 aromatic rings. The van der Waals surface area contributed by atoms with Gasteiger partial charge in [0, 0.05) is 23.7 Å². The predicted molar refractivity (Wildman–Crippen MR) is 76.9 cm³/mol. The van der Waals surface area contributed by atoms with E-state index in [1.54, 1.807) is 6.08 Å². The second kappa shape index (κ2) is 5.25. The van der Waals surface area contributed by atoms with Crippen LogP contribution in [0.2, 0.25) is 0 Å². The van der Waals surface area contributed by atoms with Crippen LogP contribution < -0.4 is 0 Å². The number of benzene rings is 1. The first-order valence-electron chi connectivity index (χ1n) is 6.01. The van der Waals surface area contributed by atoms with Crippen molar-refractivity contribution < 1.29 is 0 Å². The van der Waals surface area contributed by atoms with E-state index >= 15 is 0 Å². The van der Waals surface area contributed by atoms with Gasteiger partial charge in [0.25, 0.3) is 0 Å². The summed E-state index contributed by atoms with van der Waals surface area (Å²) >= 11 is 0. The summed E-state index contributed by atoms with van der Waals surface area (Å²) in [7, 11) is 0. The van der Waals surface area contributed by atoms with Crippen molar-refractivity contribution >= 4 is 23.1 Å². The van der Waals surface area contributed by atoms with Gasteiger partial charge >= 0.3 is 0 Å². The van der Waals surface area contributed by atoms with E-state index < -0.39 is 0 Å². The van der Waals surface area contributed by atoms with Crippen molar-refractivity contribution in [1.29, 1.82) is 10.5 Å². The van der Waals surface area contributed by atoms with Crippen LogP contribution in [-0.4, -0.2) is 4.57 Å². The second-order valence-electron chi connectivity index (χ2n) is 4.10. The number of aromatic nitrogens is 1. The van der Waals surface area contributed by atoms with Crippen molar-refractivity contribution in [1.82, 2.24) is 4.57 Å². The maximum absolute atomic E-state index is 8.86. The van der Waals surface area contributed by atoms with Crippen LogP contribution in [-0.2, 0) is 6.54 Å². The third-order valence-corrected chi connectivity index (χ3v) is 3.06. The normalized spacial score (nSPS) is 9.63. The summed E-state index contributed by atoms with van der Waals surface area (Å²) in [5.41, 5.74) is 3.13. The van der Waals surface area contributed by atoms with Crippen LogP contribution in [0.5, 0.6) is 0 Å². The quantitative estimate of drug-likeness (QED) is 0.776. The number of fused-ring (bicyclic) bond motifs is 1. The summed E-state index contributed by atoms with van der Waals surface area (Å²) in [6.45, 7) is 6.71. The summed E-state index contributed by atoms with van der Waals surface area (Å²) in [5.74, 6) is 0. The molecule has 0 fully saturated rings. The summed E-state index contributed by atoms with van der Waals surface area (Å²) < 4.78 is 2.10. The van der Waals surface area contributed by atoms with Crippen LogP contribution in [0, 0.1) is 22.7 Å². The van der Waals surface area contributed by atoms with Crippen molar-refractivity contribution in [2.45, 2.75) is 13.5 Å². The van der Waals surface area contributed by atoms with Crippen molar-refractivity contribution in [2.24, 2.45) is 0 Å². The van der Waals surface area contributed by atoms with Gasteiger partial charge in [-0.25, -0.2) is 0 Å². The van der Waals surface area contributed by atoms with Gasteiger partial charge in [0.1, 0.15) is 17.7 Å². The largest absolute Gasteiger partial charge is 0.347 e. The molecule has 0 aliphatic carbocycles. The van der Waals surface area contributed by atoms with Crippen molar-refractivity contribution in [3.8, 4) is 12.1 Å². The van der Waals surface area contributed by atoms with Gasteiger partial charge < -0.3 is 4.57 Å². The van der Waals surface area contributed by atoms with Crippen LogP contribution in [0.1, 0.15) is 18.1 Å². The Bertz CT molecular complexity index is 733. The first-order valence-corrected chi connectivity index (χ1v) is 6.01. The fourth-order valence-electron chi connectivity index (χ4n) is 2.19. The van der Waals surface area contributed by atoms with E-state index in [-0.39, 0.29) is 5.57 Å². The van der Waals surface area contributed by atoms with Gasteiger partial charge in [-0.1, -0.05) is 30.9 Å². The first kappa shape index (κ1) is 12.7. The molecule has 0 radical (unpaired) electrons. The molecule has 92 valence electrons. The molecule has 1 heterocycles. The Balaban J connectivity index is 2.79. The molecule has 0 bridgehead atoms.